The smallest absolute Gasteiger partial charge is 0.118 e. The van der Waals surface area contributed by atoms with Gasteiger partial charge in [0.15, 0.2) is 0 Å². The Hall–Kier alpha value is -2.81. The second-order valence-electron chi connectivity index (χ2n) is 6.32. The van der Waals surface area contributed by atoms with Gasteiger partial charge in [-0.2, -0.15) is 5.26 Å². The highest BCUT2D eigenvalue weighted by Gasteiger charge is 2.29. The van der Waals surface area contributed by atoms with Gasteiger partial charge in [0, 0.05) is 12.1 Å². The van der Waals surface area contributed by atoms with E-state index in [9.17, 15) is 5.26 Å². The normalized spacial score (nSPS) is 19.3. The number of hydrogen-bond donors (Lipinski definition) is 1. The Bertz CT molecular complexity index is 1050. The van der Waals surface area contributed by atoms with Gasteiger partial charge in [0.25, 0.3) is 0 Å². The number of nitrogens with zero attached hydrogens (tertiary/aromatic N) is 3. The summed E-state index contributed by atoms with van der Waals surface area (Å²) >= 11 is 11.8. The zero-order valence-corrected chi connectivity index (χ0v) is 15.9. The monoisotopic (exact) mass is 390 g/mol. The fourth-order valence-corrected chi connectivity index (χ4v) is 3.85. The van der Waals surface area contributed by atoms with Crippen molar-refractivity contribution in [3.63, 3.8) is 0 Å². The molecule has 0 amide bonds. The van der Waals surface area contributed by atoms with Crippen LogP contribution in [-0.4, -0.2) is 21.9 Å². The molecule has 27 heavy (non-hydrogen) atoms. The van der Waals surface area contributed by atoms with E-state index in [1.54, 1.807) is 0 Å². The van der Waals surface area contributed by atoms with E-state index in [0.717, 1.165) is 28.2 Å². The lowest BCUT2D eigenvalue weighted by Crippen LogP contribution is -2.44. The van der Waals surface area contributed by atoms with Crippen molar-refractivity contribution >= 4 is 56.6 Å². The summed E-state index contributed by atoms with van der Waals surface area (Å²) in [6.07, 6.45) is 1.05. The summed E-state index contributed by atoms with van der Waals surface area (Å²) in [6, 6.07) is 19.6. The molecule has 0 fully saturated rings. The molecular formula is C21H15ClN4S. The highest BCUT2D eigenvalue weighted by Crippen LogP contribution is 2.34. The fourth-order valence-electron chi connectivity index (χ4n) is 3.31. The highest BCUT2D eigenvalue weighted by atomic mass is 35.5. The molecule has 2 heterocycles. The first-order chi connectivity index (χ1) is 13.2. The van der Waals surface area contributed by atoms with E-state index in [1.807, 2.05) is 54.6 Å². The largest absolute Gasteiger partial charge is 0.367 e. The predicted octanol–water partition coefficient (Wildman–Crippen LogP) is 5.10. The van der Waals surface area contributed by atoms with Crippen LogP contribution in [0.1, 0.15) is 18.4 Å². The quantitative estimate of drug-likeness (QED) is 0.726. The number of aliphatic imine (C=N–C) groups is 2. The molecule has 0 aromatic heterocycles. The van der Waals surface area contributed by atoms with Gasteiger partial charge in [-0.15, -0.1) is 0 Å². The van der Waals surface area contributed by atoms with E-state index >= 15 is 0 Å². The minimum absolute atomic E-state index is 0.139. The lowest BCUT2D eigenvalue weighted by molar-refractivity contribution is 0.772. The van der Waals surface area contributed by atoms with Crippen LogP contribution in [0.3, 0.4) is 0 Å². The molecule has 6 heteroatoms. The fraction of sp³-hybridized carbons (Fsp3) is 0.143. The predicted molar refractivity (Wildman–Crippen MR) is 114 cm³/mol. The molecule has 2 aliphatic heterocycles. The lowest BCUT2D eigenvalue weighted by atomic mass is 9.88. The number of rotatable bonds is 2. The van der Waals surface area contributed by atoms with Crippen LogP contribution in [0, 0.1) is 11.3 Å². The Morgan fingerprint density at radius 2 is 1.70 bits per heavy atom. The number of hydrogen-bond acceptors (Lipinski definition) is 4. The summed E-state index contributed by atoms with van der Waals surface area (Å²) in [5.41, 5.74) is 4.85. The Morgan fingerprint density at radius 1 is 1.04 bits per heavy atom. The molecule has 2 aliphatic rings. The van der Waals surface area contributed by atoms with E-state index in [4.69, 9.17) is 28.8 Å². The van der Waals surface area contributed by atoms with Crippen molar-refractivity contribution in [2.24, 2.45) is 9.98 Å². The molecule has 0 saturated carbocycles. The highest BCUT2D eigenvalue weighted by molar-refractivity contribution is 7.80. The average molecular weight is 391 g/mol. The first-order valence-electron chi connectivity index (χ1n) is 8.55. The summed E-state index contributed by atoms with van der Waals surface area (Å²) in [5.74, 6) is 0. The maximum Gasteiger partial charge on any atom is 0.118 e. The number of para-hydroxylation sites is 2. The maximum atomic E-state index is 9.60. The van der Waals surface area contributed by atoms with E-state index in [0.29, 0.717) is 28.6 Å². The van der Waals surface area contributed by atoms with E-state index < -0.39 is 0 Å². The van der Waals surface area contributed by atoms with E-state index in [-0.39, 0.29) is 6.04 Å². The number of halogens is 1. The van der Waals surface area contributed by atoms with Crippen LogP contribution in [0.5, 0.6) is 0 Å². The van der Waals surface area contributed by atoms with Crippen LogP contribution >= 0.6 is 23.8 Å². The van der Waals surface area contributed by atoms with Gasteiger partial charge in [-0.05, 0) is 29.7 Å². The number of nitriles is 1. The summed E-state index contributed by atoms with van der Waals surface area (Å²) in [5, 5.41) is 13.4. The van der Waals surface area contributed by atoms with Crippen molar-refractivity contribution in [2.45, 2.75) is 18.9 Å². The third-order valence-corrected chi connectivity index (χ3v) is 5.13. The summed E-state index contributed by atoms with van der Waals surface area (Å²) in [4.78, 5) is 9.72. The zero-order valence-electron chi connectivity index (χ0n) is 14.3. The topological polar surface area (TPSA) is 60.5 Å². The van der Waals surface area contributed by atoms with Crippen LogP contribution in [0.2, 0.25) is 0 Å². The Balaban J connectivity index is 1.75. The van der Waals surface area contributed by atoms with Crippen molar-refractivity contribution in [1.82, 2.24) is 5.32 Å². The zero-order chi connectivity index (χ0) is 18.8. The minimum atomic E-state index is -0.139. The molecule has 132 valence electrons. The number of benzene rings is 2. The van der Waals surface area contributed by atoms with Crippen LogP contribution in [0.4, 0.5) is 11.4 Å². The molecular weight excluding hydrogens is 376 g/mol. The van der Waals surface area contributed by atoms with Gasteiger partial charge in [0.05, 0.1) is 23.0 Å². The third kappa shape index (κ3) is 3.55. The molecule has 0 bridgehead atoms. The van der Waals surface area contributed by atoms with Crippen molar-refractivity contribution < 1.29 is 0 Å². The second kappa shape index (κ2) is 7.43. The van der Waals surface area contributed by atoms with Crippen LogP contribution in [0.15, 0.2) is 70.2 Å². The molecule has 2 aromatic rings. The van der Waals surface area contributed by atoms with Crippen molar-refractivity contribution in [1.29, 1.82) is 5.26 Å². The first kappa shape index (κ1) is 17.6. The average Bonchev–Trinajstić information content (AvgIpc) is 2.86. The van der Waals surface area contributed by atoms with Crippen molar-refractivity contribution in [3.8, 4) is 6.07 Å². The van der Waals surface area contributed by atoms with Gasteiger partial charge >= 0.3 is 0 Å². The van der Waals surface area contributed by atoms with Gasteiger partial charge in [-0.1, -0.05) is 66.3 Å². The molecule has 4 rings (SSSR count). The lowest BCUT2D eigenvalue weighted by Gasteiger charge is -2.28. The SMILES string of the molecule is N#CC1=C(c2ccccc2)CC(C2=Nc3ccccc3N=C(Cl)C2)NC1=S. The van der Waals surface area contributed by atoms with Crippen LogP contribution in [-0.2, 0) is 0 Å². The molecule has 0 spiro atoms. The van der Waals surface area contributed by atoms with Gasteiger partial charge in [0.2, 0.25) is 0 Å². The van der Waals surface area contributed by atoms with Crippen molar-refractivity contribution in [3.05, 3.63) is 65.7 Å². The van der Waals surface area contributed by atoms with Gasteiger partial charge in [-0.3, -0.25) is 4.99 Å². The van der Waals surface area contributed by atoms with Crippen LogP contribution < -0.4 is 5.32 Å². The van der Waals surface area contributed by atoms with Gasteiger partial charge < -0.3 is 5.32 Å². The summed E-state index contributed by atoms with van der Waals surface area (Å²) in [7, 11) is 0. The maximum absolute atomic E-state index is 9.60. The summed E-state index contributed by atoms with van der Waals surface area (Å²) in [6.45, 7) is 0. The van der Waals surface area contributed by atoms with Gasteiger partial charge in [0.1, 0.15) is 16.2 Å². The minimum Gasteiger partial charge on any atom is -0.367 e. The Labute approximate surface area is 167 Å². The number of fused-ring (bicyclic) bond motifs is 1. The number of nitrogens with one attached hydrogen (secondary N) is 1. The van der Waals surface area contributed by atoms with E-state index in [2.05, 4.69) is 16.4 Å². The van der Waals surface area contributed by atoms with Gasteiger partial charge in [-0.25, -0.2) is 4.99 Å². The number of thiocarbonyl (C=S) groups is 1. The molecule has 4 nitrogen and oxygen atoms in total. The Kier molecular flexibility index (Phi) is 4.85. The molecule has 1 unspecified atom stereocenters. The second-order valence-corrected chi connectivity index (χ2v) is 7.16. The molecule has 1 N–H and O–H groups in total. The molecule has 0 saturated heterocycles. The first-order valence-corrected chi connectivity index (χ1v) is 9.33. The molecule has 2 aromatic carbocycles. The standard InChI is InChI=1S/C21H15ClN4S/c22-20-11-19(24-16-8-4-5-9-17(16)25-20)18-10-14(13-6-2-1-3-7-13)15(12-23)21(27)26-18/h1-9,18H,10-11H2,(H,26,27). The molecule has 0 aliphatic carbocycles. The third-order valence-electron chi connectivity index (χ3n) is 4.59. The summed E-state index contributed by atoms with van der Waals surface area (Å²) < 4.78 is 0. The van der Waals surface area contributed by atoms with E-state index in [1.165, 1.54) is 0 Å². The van der Waals surface area contributed by atoms with Crippen LogP contribution in [0.25, 0.3) is 5.57 Å². The molecule has 1 atom stereocenters. The molecule has 0 radical (unpaired) electrons. The Morgan fingerprint density at radius 3 is 2.41 bits per heavy atom. The van der Waals surface area contributed by atoms with Crippen molar-refractivity contribution in [2.75, 3.05) is 0 Å².